The molecule has 1 aromatic heterocycles. The SMILES string of the molecule is Cc1c(NCc2nc(C(=O)O)cs2)cccc1[N+](=O)[O-]. The third kappa shape index (κ3) is 2.91. The molecular formula is C12H11N3O4S. The molecule has 20 heavy (non-hydrogen) atoms. The Bertz CT molecular complexity index is 668. The van der Waals surface area contributed by atoms with Crippen LogP contribution in [0.5, 0.6) is 0 Å². The molecule has 1 heterocycles. The lowest BCUT2D eigenvalue weighted by molar-refractivity contribution is -0.385. The van der Waals surface area contributed by atoms with Crippen molar-refractivity contribution in [1.82, 2.24) is 4.98 Å². The van der Waals surface area contributed by atoms with E-state index in [0.29, 0.717) is 22.8 Å². The minimum atomic E-state index is -1.07. The number of nitrogens with zero attached hydrogens (tertiary/aromatic N) is 2. The number of carboxylic acid groups (broad SMARTS) is 1. The van der Waals surface area contributed by atoms with Gasteiger partial charge in [0.05, 0.1) is 11.5 Å². The highest BCUT2D eigenvalue weighted by Gasteiger charge is 2.13. The molecule has 8 heteroatoms. The standard InChI is InChI=1S/C12H11N3O4S/c1-7-8(3-2-4-10(7)15(18)19)13-5-11-14-9(6-20-11)12(16)17/h2-4,6,13H,5H2,1H3,(H,16,17). The quantitative estimate of drug-likeness (QED) is 0.648. The van der Waals surface area contributed by atoms with Crippen LogP contribution in [0, 0.1) is 17.0 Å². The first-order valence-corrected chi connectivity index (χ1v) is 6.52. The Kier molecular flexibility index (Phi) is 3.94. The van der Waals surface area contributed by atoms with Crippen LogP contribution in [0.3, 0.4) is 0 Å². The molecule has 2 aromatic rings. The second-order valence-electron chi connectivity index (χ2n) is 3.99. The fourth-order valence-corrected chi connectivity index (χ4v) is 2.38. The molecule has 0 saturated carbocycles. The van der Waals surface area contributed by atoms with Crippen LogP contribution in [0.1, 0.15) is 21.1 Å². The molecule has 1 aromatic carbocycles. The third-order valence-corrected chi connectivity index (χ3v) is 3.55. The summed E-state index contributed by atoms with van der Waals surface area (Å²) in [5.41, 5.74) is 1.21. The summed E-state index contributed by atoms with van der Waals surface area (Å²) in [5, 5.41) is 24.7. The number of carboxylic acids is 1. The van der Waals surface area contributed by atoms with E-state index in [1.165, 1.54) is 22.8 Å². The van der Waals surface area contributed by atoms with E-state index in [4.69, 9.17) is 5.11 Å². The molecule has 0 bridgehead atoms. The first-order valence-electron chi connectivity index (χ1n) is 5.64. The molecule has 104 valence electrons. The summed E-state index contributed by atoms with van der Waals surface area (Å²) in [6, 6.07) is 4.76. The van der Waals surface area contributed by atoms with Crippen LogP contribution in [0.4, 0.5) is 11.4 Å². The molecule has 0 aliphatic rings. The summed E-state index contributed by atoms with van der Waals surface area (Å²) in [5.74, 6) is -1.07. The van der Waals surface area contributed by atoms with Crippen molar-refractivity contribution in [2.45, 2.75) is 13.5 Å². The van der Waals surface area contributed by atoms with Crippen LogP contribution in [0.2, 0.25) is 0 Å². The summed E-state index contributed by atoms with van der Waals surface area (Å²) in [6.45, 7) is 1.98. The molecule has 0 unspecified atom stereocenters. The average Bonchev–Trinajstić information content (AvgIpc) is 2.86. The van der Waals surface area contributed by atoms with Crippen molar-refractivity contribution >= 4 is 28.7 Å². The fraction of sp³-hybridized carbons (Fsp3) is 0.167. The normalized spacial score (nSPS) is 10.2. The molecule has 2 rings (SSSR count). The summed E-state index contributed by atoms with van der Waals surface area (Å²) in [4.78, 5) is 25.0. The lowest BCUT2D eigenvalue weighted by Gasteiger charge is -2.07. The molecule has 0 saturated heterocycles. The molecule has 0 atom stereocenters. The molecule has 0 aliphatic carbocycles. The maximum absolute atomic E-state index is 10.8. The van der Waals surface area contributed by atoms with Crippen LogP contribution in [0.15, 0.2) is 23.6 Å². The zero-order valence-electron chi connectivity index (χ0n) is 10.5. The van der Waals surface area contributed by atoms with E-state index in [0.717, 1.165) is 0 Å². The average molecular weight is 293 g/mol. The molecule has 0 spiro atoms. The Labute approximate surface area is 118 Å². The van der Waals surface area contributed by atoms with Gasteiger partial charge >= 0.3 is 5.97 Å². The Morgan fingerprint density at radius 2 is 2.30 bits per heavy atom. The largest absolute Gasteiger partial charge is 0.476 e. The predicted molar refractivity (Wildman–Crippen MR) is 74.2 cm³/mol. The number of nitrogens with one attached hydrogen (secondary N) is 1. The Morgan fingerprint density at radius 3 is 2.90 bits per heavy atom. The van der Waals surface area contributed by atoms with E-state index in [1.807, 2.05) is 0 Å². The van der Waals surface area contributed by atoms with Crippen LogP contribution in [-0.2, 0) is 6.54 Å². The van der Waals surface area contributed by atoms with Crippen LogP contribution >= 0.6 is 11.3 Å². The number of benzene rings is 1. The van der Waals surface area contributed by atoms with E-state index in [1.54, 1.807) is 19.1 Å². The highest BCUT2D eigenvalue weighted by atomic mass is 32.1. The van der Waals surface area contributed by atoms with Gasteiger partial charge in [-0.05, 0) is 13.0 Å². The van der Waals surface area contributed by atoms with Crippen LogP contribution in [0.25, 0.3) is 0 Å². The lowest BCUT2D eigenvalue weighted by Crippen LogP contribution is -2.03. The summed E-state index contributed by atoms with van der Waals surface area (Å²) in [7, 11) is 0. The molecule has 0 radical (unpaired) electrons. The van der Waals surface area contributed by atoms with E-state index in [2.05, 4.69) is 10.3 Å². The van der Waals surface area contributed by atoms with Crippen molar-refractivity contribution < 1.29 is 14.8 Å². The number of hydrogen-bond acceptors (Lipinski definition) is 6. The van der Waals surface area contributed by atoms with Crippen molar-refractivity contribution in [2.24, 2.45) is 0 Å². The topological polar surface area (TPSA) is 105 Å². The van der Waals surface area contributed by atoms with Gasteiger partial charge in [-0.2, -0.15) is 0 Å². The Morgan fingerprint density at radius 1 is 1.55 bits per heavy atom. The number of anilines is 1. The number of hydrogen-bond donors (Lipinski definition) is 2. The molecule has 7 nitrogen and oxygen atoms in total. The van der Waals surface area contributed by atoms with Gasteiger partial charge in [0.2, 0.25) is 0 Å². The first-order chi connectivity index (χ1) is 9.49. The lowest BCUT2D eigenvalue weighted by atomic mass is 10.1. The van der Waals surface area contributed by atoms with Gasteiger partial charge in [-0.25, -0.2) is 9.78 Å². The van der Waals surface area contributed by atoms with Gasteiger partial charge in [0.15, 0.2) is 5.69 Å². The van der Waals surface area contributed by atoms with E-state index < -0.39 is 10.9 Å². The first kappa shape index (κ1) is 13.9. The van der Waals surface area contributed by atoms with Crippen LogP contribution < -0.4 is 5.32 Å². The zero-order chi connectivity index (χ0) is 14.7. The minimum absolute atomic E-state index is 0.00237. The highest BCUT2D eigenvalue weighted by molar-refractivity contribution is 7.09. The third-order valence-electron chi connectivity index (χ3n) is 2.70. The maximum atomic E-state index is 10.8. The zero-order valence-corrected chi connectivity index (χ0v) is 11.3. The van der Waals surface area contributed by atoms with Gasteiger partial charge in [-0.1, -0.05) is 6.07 Å². The number of nitro benzene ring substituents is 1. The predicted octanol–water partition coefficient (Wildman–Crippen LogP) is 2.67. The molecular weight excluding hydrogens is 282 g/mol. The van der Waals surface area contributed by atoms with Crippen molar-refractivity contribution in [1.29, 1.82) is 0 Å². The molecule has 0 amide bonds. The van der Waals surface area contributed by atoms with Gasteiger partial charge in [0, 0.05) is 22.7 Å². The monoisotopic (exact) mass is 293 g/mol. The van der Waals surface area contributed by atoms with Gasteiger partial charge in [-0.3, -0.25) is 10.1 Å². The van der Waals surface area contributed by atoms with Crippen LogP contribution in [-0.4, -0.2) is 21.0 Å². The molecule has 0 aliphatic heterocycles. The van der Waals surface area contributed by atoms with Gasteiger partial charge < -0.3 is 10.4 Å². The van der Waals surface area contributed by atoms with Gasteiger partial charge in [0.1, 0.15) is 5.01 Å². The number of thiazole rings is 1. The summed E-state index contributed by atoms with van der Waals surface area (Å²) >= 11 is 1.23. The van der Waals surface area contributed by atoms with E-state index in [-0.39, 0.29) is 11.4 Å². The number of aromatic nitrogens is 1. The minimum Gasteiger partial charge on any atom is -0.476 e. The van der Waals surface area contributed by atoms with Gasteiger partial charge in [-0.15, -0.1) is 11.3 Å². The Hall–Kier alpha value is -2.48. The second-order valence-corrected chi connectivity index (χ2v) is 4.93. The number of aromatic carboxylic acids is 1. The molecule has 0 fully saturated rings. The van der Waals surface area contributed by atoms with Crippen molar-refractivity contribution in [3.05, 3.63) is 50.0 Å². The highest BCUT2D eigenvalue weighted by Crippen LogP contribution is 2.25. The van der Waals surface area contributed by atoms with Crippen molar-refractivity contribution in [3.8, 4) is 0 Å². The van der Waals surface area contributed by atoms with Crippen molar-refractivity contribution in [3.63, 3.8) is 0 Å². The maximum Gasteiger partial charge on any atom is 0.355 e. The van der Waals surface area contributed by atoms with E-state index >= 15 is 0 Å². The van der Waals surface area contributed by atoms with Gasteiger partial charge in [0.25, 0.3) is 5.69 Å². The number of nitro groups is 1. The summed E-state index contributed by atoms with van der Waals surface area (Å²) < 4.78 is 0. The second kappa shape index (κ2) is 5.66. The number of carbonyl (C=O) groups is 1. The summed E-state index contributed by atoms with van der Waals surface area (Å²) in [6.07, 6.45) is 0. The molecule has 2 N–H and O–H groups in total. The Balaban J connectivity index is 2.12. The fourth-order valence-electron chi connectivity index (χ4n) is 1.67. The number of rotatable bonds is 5. The smallest absolute Gasteiger partial charge is 0.355 e. The van der Waals surface area contributed by atoms with Crippen molar-refractivity contribution in [2.75, 3.05) is 5.32 Å². The van der Waals surface area contributed by atoms with E-state index in [9.17, 15) is 14.9 Å².